The first kappa shape index (κ1) is 22.8. The molecular formula is C22H27NO5S. The van der Waals surface area contributed by atoms with E-state index in [0.717, 1.165) is 16.7 Å². The first-order chi connectivity index (χ1) is 13.5. The van der Waals surface area contributed by atoms with Crippen molar-refractivity contribution in [2.45, 2.75) is 45.6 Å². The molecule has 0 saturated carbocycles. The van der Waals surface area contributed by atoms with Gasteiger partial charge >= 0.3 is 5.97 Å². The number of hydrogen-bond donors (Lipinski definition) is 1. The van der Waals surface area contributed by atoms with Gasteiger partial charge < -0.3 is 4.74 Å². The summed E-state index contributed by atoms with van der Waals surface area (Å²) in [7, 11) is -3.89. The minimum absolute atomic E-state index is 0.0558. The van der Waals surface area contributed by atoms with E-state index in [-0.39, 0.29) is 16.6 Å². The van der Waals surface area contributed by atoms with E-state index in [4.69, 9.17) is 4.74 Å². The van der Waals surface area contributed by atoms with Crippen molar-refractivity contribution < 1.29 is 22.7 Å². The second-order valence-electron chi connectivity index (χ2n) is 7.44. The van der Waals surface area contributed by atoms with E-state index in [9.17, 15) is 18.0 Å². The van der Waals surface area contributed by atoms with Gasteiger partial charge in [0.1, 0.15) is 6.04 Å². The number of aryl methyl sites for hydroxylation is 3. The number of Topliss-reactive ketones (excluding diaryl/α,β-unsaturated/α-hetero) is 1. The Labute approximate surface area is 172 Å². The molecule has 0 fully saturated rings. The van der Waals surface area contributed by atoms with Gasteiger partial charge in [-0.3, -0.25) is 9.59 Å². The Balaban J connectivity index is 2.10. The highest BCUT2D eigenvalue weighted by molar-refractivity contribution is 7.89. The Bertz CT molecular complexity index is 997. The maximum atomic E-state index is 12.5. The molecule has 0 aromatic heterocycles. The highest BCUT2D eigenvalue weighted by Crippen LogP contribution is 2.17. The zero-order valence-electron chi connectivity index (χ0n) is 17.4. The number of carbonyl (C=O) groups is 2. The van der Waals surface area contributed by atoms with Crippen LogP contribution in [-0.4, -0.2) is 32.8 Å². The second-order valence-corrected chi connectivity index (χ2v) is 9.15. The monoisotopic (exact) mass is 417 g/mol. The molecule has 7 heteroatoms. The summed E-state index contributed by atoms with van der Waals surface area (Å²) in [6.07, 6.45) is 0. The van der Waals surface area contributed by atoms with Crippen molar-refractivity contribution in [2.75, 3.05) is 6.61 Å². The van der Waals surface area contributed by atoms with Gasteiger partial charge in [0.2, 0.25) is 15.8 Å². The highest BCUT2D eigenvalue weighted by atomic mass is 32.2. The van der Waals surface area contributed by atoms with E-state index >= 15 is 0 Å². The van der Waals surface area contributed by atoms with Crippen molar-refractivity contribution >= 4 is 21.8 Å². The van der Waals surface area contributed by atoms with Crippen molar-refractivity contribution in [1.29, 1.82) is 0 Å². The minimum atomic E-state index is -3.89. The first-order valence-corrected chi connectivity index (χ1v) is 10.9. The van der Waals surface area contributed by atoms with Crippen LogP contribution in [0.4, 0.5) is 0 Å². The molecule has 2 aromatic rings. The van der Waals surface area contributed by atoms with E-state index in [1.165, 1.54) is 12.1 Å². The lowest BCUT2D eigenvalue weighted by atomic mass is 9.98. The second kappa shape index (κ2) is 9.33. The molecule has 0 spiro atoms. The smallest absolute Gasteiger partial charge is 0.324 e. The number of ether oxygens (including phenoxy) is 1. The van der Waals surface area contributed by atoms with E-state index in [1.54, 1.807) is 38.1 Å². The fraction of sp³-hybridized carbons (Fsp3) is 0.364. The van der Waals surface area contributed by atoms with E-state index < -0.39 is 28.6 Å². The van der Waals surface area contributed by atoms with Gasteiger partial charge in [0, 0.05) is 5.56 Å². The molecule has 0 amide bonds. The molecule has 0 heterocycles. The fourth-order valence-corrected chi connectivity index (χ4v) is 4.21. The number of rotatable bonds is 8. The van der Waals surface area contributed by atoms with Gasteiger partial charge in [-0.05, 0) is 61.6 Å². The number of sulfonamides is 1. The van der Waals surface area contributed by atoms with Gasteiger partial charge in [-0.25, -0.2) is 8.42 Å². The molecule has 0 aliphatic rings. The summed E-state index contributed by atoms with van der Waals surface area (Å²) in [5, 5.41) is 0. The third-order valence-electron chi connectivity index (χ3n) is 4.74. The van der Waals surface area contributed by atoms with Crippen molar-refractivity contribution in [1.82, 2.24) is 4.72 Å². The molecule has 0 saturated heterocycles. The van der Waals surface area contributed by atoms with E-state index in [0.29, 0.717) is 5.56 Å². The zero-order valence-corrected chi connectivity index (χ0v) is 18.2. The Morgan fingerprint density at radius 1 is 0.966 bits per heavy atom. The lowest BCUT2D eigenvalue weighted by Crippen LogP contribution is -2.45. The molecule has 0 aliphatic carbocycles. The Kier molecular flexibility index (Phi) is 7.32. The lowest BCUT2D eigenvalue weighted by Gasteiger charge is -2.21. The third kappa shape index (κ3) is 5.74. The number of ketones is 1. The quantitative estimate of drug-likeness (QED) is 0.526. The zero-order chi connectivity index (χ0) is 21.8. The first-order valence-electron chi connectivity index (χ1n) is 9.38. The summed E-state index contributed by atoms with van der Waals surface area (Å²) >= 11 is 0. The maximum absolute atomic E-state index is 12.5. The van der Waals surface area contributed by atoms with Crippen molar-refractivity contribution in [3.63, 3.8) is 0 Å². The molecule has 1 N–H and O–H groups in total. The molecule has 156 valence electrons. The highest BCUT2D eigenvalue weighted by Gasteiger charge is 2.30. The van der Waals surface area contributed by atoms with Crippen LogP contribution >= 0.6 is 0 Å². The largest absolute Gasteiger partial charge is 0.456 e. The summed E-state index contributed by atoms with van der Waals surface area (Å²) < 4.78 is 32.6. The summed E-state index contributed by atoms with van der Waals surface area (Å²) in [4.78, 5) is 25.1. The molecule has 29 heavy (non-hydrogen) atoms. The van der Waals surface area contributed by atoms with Crippen LogP contribution < -0.4 is 4.72 Å². The molecular weight excluding hydrogens is 390 g/mol. The Morgan fingerprint density at radius 2 is 1.55 bits per heavy atom. The fourth-order valence-electron chi connectivity index (χ4n) is 2.86. The van der Waals surface area contributed by atoms with Crippen molar-refractivity contribution in [3.05, 3.63) is 64.7 Å². The molecule has 0 bridgehead atoms. The molecule has 2 rings (SSSR count). The van der Waals surface area contributed by atoms with Gasteiger partial charge in [0.15, 0.2) is 6.61 Å². The van der Waals surface area contributed by atoms with Gasteiger partial charge in [0.25, 0.3) is 0 Å². The lowest BCUT2D eigenvalue weighted by molar-refractivity contribution is -0.145. The Morgan fingerprint density at radius 3 is 2.14 bits per heavy atom. The van der Waals surface area contributed by atoms with Crippen LogP contribution in [-0.2, 0) is 19.6 Å². The minimum Gasteiger partial charge on any atom is -0.456 e. The maximum Gasteiger partial charge on any atom is 0.324 e. The van der Waals surface area contributed by atoms with Crippen LogP contribution in [0, 0.1) is 26.7 Å². The average molecular weight is 418 g/mol. The number of carbonyl (C=O) groups excluding carboxylic acids is 2. The number of hydrogen-bond acceptors (Lipinski definition) is 5. The van der Waals surface area contributed by atoms with E-state index in [1.807, 2.05) is 26.8 Å². The summed E-state index contributed by atoms with van der Waals surface area (Å²) in [5.74, 6) is -1.47. The molecule has 0 radical (unpaired) electrons. The predicted molar refractivity (Wildman–Crippen MR) is 111 cm³/mol. The van der Waals surface area contributed by atoms with Crippen LogP contribution in [0.15, 0.2) is 47.4 Å². The van der Waals surface area contributed by atoms with Crippen LogP contribution in [0.2, 0.25) is 0 Å². The van der Waals surface area contributed by atoms with Crippen molar-refractivity contribution in [2.24, 2.45) is 5.92 Å². The molecule has 6 nitrogen and oxygen atoms in total. The molecule has 0 aliphatic heterocycles. The molecule has 1 unspecified atom stereocenters. The predicted octanol–water partition coefficient (Wildman–Crippen LogP) is 3.34. The van der Waals surface area contributed by atoms with Crippen LogP contribution in [0.1, 0.15) is 40.9 Å². The van der Waals surface area contributed by atoms with Gasteiger partial charge in [-0.1, -0.05) is 38.1 Å². The number of nitrogens with one attached hydrogen (secondary N) is 1. The van der Waals surface area contributed by atoms with Gasteiger partial charge in [-0.2, -0.15) is 4.72 Å². The molecule has 2 aromatic carbocycles. The van der Waals surface area contributed by atoms with Gasteiger partial charge in [0.05, 0.1) is 4.90 Å². The SMILES string of the molecule is Cc1cc(C)c(C(=O)COC(=O)C(NS(=O)(=O)c2ccccc2)C(C)C)cc1C. The Hall–Kier alpha value is -2.51. The summed E-state index contributed by atoms with van der Waals surface area (Å²) in [6.45, 7) is 8.65. The summed E-state index contributed by atoms with van der Waals surface area (Å²) in [6, 6.07) is 10.4. The molecule has 1 atom stereocenters. The number of benzene rings is 2. The van der Waals surface area contributed by atoms with Crippen LogP contribution in [0.25, 0.3) is 0 Å². The average Bonchev–Trinajstić information content (AvgIpc) is 2.67. The van der Waals surface area contributed by atoms with Crippen molar-refractivity contribution in [3.8, 4) is 0 Å². The third-order valence-corrected chi connectivity index (χ3v) is 6.20. The van der Waals surface area contributed by atoms with E-state index in [2.05, 4.69) is 4.72 Å². The van der Waals surface area contributed by atoms with Crippen LogP contribution in [0.5, 0.6) is 0 Å². The number of esters is 1. The normalized spacial score (nSPS) is 12.6. The van der Waals surface area contributed by atoms with Crippen LogP contribution in [0.3, 0.4) is 0 Å². The standard InChI is InChI=1S/C22H27NO5S/c1-14(2)21(23-29(26,27)18-9-7-6-8-10-18)22(25)28-13-20(24)19-12-16(4)15(3)11-17(19)5/h6-12,14,21,23H,13H2,1-5H3. The van der Waals surface area contributed by atoms with Gasteiger partial charge in [-0.15, -0.1) is 0 Å². The summed E-state index contributed by atoms with van der Waals surface area (Å²) in [5.41, 5.74) is 3.35. The topological polar surface area (TPSA) is 89.5 Å².